The monoisotopic (exact) mass is 351 g/mol. The van der Waals surface area contributed by atoms with E-state index in [-0.39, 0.29) is 12.6 Å². The molecule has 3 aromatic rings. The molecule has 1 aliphatic heterocycles. The maximum atomic E-state index is 6.04. The van der Waals surface area contributed by atoms with Crippen LogP contribution in [0.5, 0.6) is 23.1 Å². The number of nitrogen functional groups attached to an aromatic ring is 1. The molecular weight excluding hydrogens is 334 g/mol. The second-order valence-corrected chi connectivity index (χ2v) is 5.52. The zero-order valence-corrected chi connectivity index (χ0v) is 13.9. The van der Waals surface area contributed by atoms with Crippen LogP contribution in [-0.2, 0) is 0 Å². The summed E-state index contributed by atoms with van der Waals surface area (Å²) in [6, 6.07) is 15.1. The van der Waals surface area contributed by atoms with E-state index in [1.54, 1.807) is 6.20 Å². The molecule has 0 atom stereocenters. The van der Waals surface area contributed by atoms with Crippen molar-refractivity contribution in [2.45, 2.75) is 0 Å². The van der Waals surface area contributed by atoms with E-state index >= 15 is 0 Å². The number of aromatic nitrogens is 2. The number of anilines is 1. The molecule has 0 bridgehead atoms. The number of hydrogen-bond acceptors (Lipinski definition) is 7. The van der Waals surface area contributed by atoms with Gasteiger partial charge < -0.3 is 24.7 Å². The third-order valence-electron chi connectivity index (χ3n) is 3.77. The number of nitrogens with two attached hydrogens (primary N) is 1. The molecule has 132 valence electrons. The van der Waals surface area contributed by atoms with Crippen molar-refractivity contribution >= 4 is 5.82 Å². The Balaban J connectivity index is 1.38. The van der Waals surface area contributed by atoms with Crippen LogP contribution in [0.4, 0.5) is 5.82 Å². The third-order valence-corrected chi connectivity index (χ3v) is 3.77. The fourth-order valence-corrected chi connectivity index (χ4v) is 2.54. The highest BCUT2D eigenvalue weighted by atomic mass is 16.7. The summed E-state index contributed by atoms with van der Waals surface area (Å²) >= 11 is 0. The smallest absolute Gasteiger partial charge is 0.234 e. The number of nitrogens with zero attached hydrogens (tertiary/aromatic N) is 2. The third kappa shape index (κ3) is 3.46. The summed E-state index contributed by atoms with van der Waals surface area (Å²) in [6.07, 6.45) is 1.54. The molecule has 7 heteroatoms. The molecule has 1 aliphatic rings. The van der Waals surface area contributed by atoms with Gasteiger partial charge in [0.15, 0.2) is 17.3 Å². The summed E-state index contributed by atoms with van der Waals surface area (Å²) in [5.41, 5.74) is 7.41. The SMILES string of the molecule is Nc1nc(OCCOc2ccccc2)cnc1-c1ccc2c(c1)OCO2. The number of hydrogen-bond donors (Lipinski definition) is 1. The van der Waals surface area contributed by atoms with Gasteiger partial charge in [0, 0.05) is 5.56 Å². The van der Waals surface area contributed by atoms with Crippen molar-refractivity contribution in [3.63, 3.8) is 0 Å². The maximum absolute atomic E-state index is 6.04. The molecule has 0 amide bonds. The van der Waals surface area contributed by atoms with Gasteiger partial charge in [-0.05, 0) is 30.3 Å². The van der Waals surface area contributed by atoms with Gasteiger partial charge in [0.2, 0.25) is 12.7 Å². The van der Waals surface area contributed by atoms with E-state index in [0.717, 1.165) is 11.3 Å². The predicted octanol–water partition coefficient (Wildman–Crippen LogP) is 2.91. The van der Waals surface area contributed by atoms with Crippen LogP contribution in [0.3, 0.4) is 0 Å². The summed E-state index contributed by atoms with van der Waals surface area (Å²) in [6.45, 7) is 0.958. The van der Waals surface area contributed by atoms with E-state index in [2.05, 4.69) is 9.97 Å². The van der Waals surface area contributed by atoms with Gasteiger partial charge in [-0.3, -0.25) is 0 Å². The van der Waals surface area contributed by atoms with Crippen molar-refractivity contribution in [1.82, 2.24) is 9.97 Å². The lowest BCUT2D eigenvalue weighted by atomic mass is 10.1. The Morgan fingerprint density at radius 2 is 1.77 bits per heavy atom. The van der Waals surface area contributed by atoms with Gasteiger partial charge in [-0.2, -0.15) is 4.98 Å². The maximum Gasteiger partial charge on any atom is 0.234 e. The van der Waals surface area contributed by atoms with Crippen LogP contribution >= 0.6 is 0 Å². The molecule has 0 radical (unpaired) electrons. The van der Waals surface area contributed by atoms with Gasteiger partial charge in [-0.1, -0.05) is 18.2 Å². The van der Waals surface area contributed by atoms with Crippen LogP contribution in [0, 0.1) is 0 Å². The minimum absolute atomic E-state index is 0.220. The molecule has 1 aromatic heterocycles. The first kappa shape index (κ1) is 16.0. The van der Waals surface area contributed by atoms with Gasteiger partial charge >= 0.3 is 0 Å². The quantitative estimate of drug-likeness (QED) is 0.683. The molecule has 0 aliphatic carbocycles. The molecule has 0 fully saturated rings. The molecular formula is C19H17N3O4. The summed E-state index contributed by atoms with van der Waals surface area (Å²) in [5.74, 6) is 2.80. The molecule has 0 unspecified atom stereocenters. The van der Waals surface area contributed by atoms with E-state index in [1.807, 2.05) is 48.5 Å². The number of rotatable bonds is 6. The second-order valence-electron chi connectivity index (χ2n) is 5.52. The lowest BCUT2D eigenvalue weighted by Crippen LogP contribution is -2.10. The van der Waals surface area contributed by atoms with Crippen molar-refractivity contribution in [2.75, 3.05) is 25.7 Å². The predicted molar refractivity (Wildman–Crippen MR) is 95.4 cm³/mol. The Morgan fingerprint density at radius 3 is 2.62 bits per heavy atom. The molecule has 0 spiro atoms. The second kappa shape index (κ2) is 7.18. The Bertz CT molecular complexity index is 903. The number of para-hydroxylation sites is 1. The van der Waals surface area contributed by atoms with Crippen LogP contribution in [0.1, 0.15) is 0 Å². The van der Waals surface area contributed by atoms with Crippen molar-refractivity contribution in [2.24, 2.45) is 0 Å². The Morgan fingerprint density at radius 1 is 0.962 bits per heavy atom. The van der Waals surface area contributed by atoms with Gasteiger partial charge in [0.05, 0.1) is 6.20 Å². The fraction of sp³-hybridized carbons (Fsp3) is 0.158. The van der Waals surface area contributed by atoms with Gasteiger partial charge in [0.25, 0.3) is 0 Å². The zero-order chi connectivity index (χ0) is 17.8. The summed E-state index contributed by atoms with van der Waals surface area (Å²) in [4.78, 5) is 8.61. The van der Waals surface area contributed by atoms with E-state index in [9.17, 15) is 0 Å². The van der Waals surface area contributed by atoms with E-state index < -0.39 is 0 Å². The molecule has 2 aromatic carbocycles. The lowest BCUT2D eigenvalue weighted by molar-refractivity contribution is 0.174. The fourth-order valence-electron chi connectivity index (χ4n) is 2.54. The van der Waals surface area contributed by atoms with Crippen LogP contribution < -0.4 is 24.7 Å². The number of fused-ring (bicyclic) bond motifs is 1. The summed E-state index contributed by atoms with van der Waals surface area (Å²) in [5, 5.41) is 0. The molecule has 2 N–H and O–H groups in total. The highest BCUT2D eigenvalue weighted by Crippen LogP contribution is 2.36. The van der Waals surface area contributed by atoms with Gasteiger partial charge in [-0.15, -0.1) is 0 Å². The first-order valence-electron chi connectivity index (χ1n) is 8.13. The highest BCUT2D eigenvalue weighted by Gasteiger charge is 2.16. The average Bonchev–Trinajstić information content (AvgIpc) is 3.14. The van der Waals surface area contributed by atoms with Crippen LogP contribution in [-0.4, -0.2) is 30.0 Å². The van der Waals surface area contributed by atoms with Crippen LogP contribution in [0.2, 0.25) is 0 Å². The minimum atomic E-state index is 0.220. The number of ether oxygens (including phenoxy) is 4. The molecule has 4 rings (SSSR count). The lowest BCUT2D eigenvalue weighted by Gasteiger charge is -2.09. The first-order chi connectivity index (χ1) is 12.8. The van der Waals surface area contributed by atoms with Crippen molar-refractivity contribution < 1.29 is 18.9 Å². The van der Waals surface area contributed by atoms with E-state index in [4.69, 9.17) is 24.7 Å². The average molecular weight is 351 g/mol. The Hall–Kier alpha value is -3.48. The van der Waals surface area contributed by atoms with E-state index in [1.165, 1.54) is 0 Å². The molecule has 2 heterocycles. The topological polar surface area (TPSA) is 88.7 Å². The standard InChI is InChI=1S/C19H17N3O4/c20-19-18(13-6-7-15-16(10-13)26-12-25-15)21-11-17(22-19)24-9-8-23-14-4-2-1-3-5-14/h1-7,10-11H,8-9,12H2,(H2,20,22). The molecule has 26 heavy (non-hydrogen) atoms. The highest BCUT2D eigenvalue weighted by molar-refractivity contribution is 5.72. The zero-order valence-electron chi connectivity index (χ0n) is 13.9. The van der Waals surface area contributed by atoms with Gasteiger partial charge in [-0.25, -0.2) is 4.98 Å². The van der Waals surface area contributed by atoms with Crippen molar-refractivity contribution in [3.8, 4) is 34.4 Å². The summed E-state index contributed by atoms with van der Waals surface area (Å²) in [7, 11) is 0. The largest absolute Gasteiger partial charge is 0.490 e. The van der Waals surface area contributed by atoms with Gasteiger partial charge in [0.1, 0.15) is 24.7 Å². The van der Waals surface area contributed by atoms with E-state index in [0.29, 0.717) is 36.3 Å². The Kier molecular flexibility index (Phi) is 4.42. The minimum Gasteiger partial charge on any atom is -0.490 e. The summed E-state index contributed by atoms with van der Waals surface area (Å²) < 4.78 is 21.8. The van der Waals surface area contributed by atoms with Crippen molar-refractivity contribution in [1.29, 1.82) is 0 Å². The van der Waals surface area contributed by atoms with Crippen LogP contribution in [0.25, 0.3) is 11.3 Å². The number of benzene rings is 2. The first-order valence-corrected chi connectivity index (χ1v) is 8.13. The molecule has 0 saturated carbocycles. The van der Waals surface area contributed by atoms with Crippen LogP contribution in [0.15, 0.2) is 54.7 Å². The Labute approximate surface area is 150 Å². The molecule has 7 nitrogen and oxygen atoms in total. The molecule has 0 saturated heterocycles. The normalized spacial score (nSPS) is 12.0. The van der Waals surface area contributed by atoms with Crippen molar-refractivity contribution in [3.05, 3.63) is 54.7 Å².